The van der Waals surface area contributed by atoms with Crippen molar-refractivity contribution in [2.24, 2.45) is 11.1 Å². The van der Waals surface area contributed by atoms with Gasteiger partial charge in [0.05, 0.1) is 11.9 Å². The molecule has 0 radical (unpaired) electrons. The predicted octanol–water partition coefficient (Wildman–Crippen LogP) is 2.23. The average Bonchev–Trinajstić information content (AvgIpc) is 2.49. The van der Waals surface area contributed by atoms with E-state index in [0.717, 1.165) is 45.5 Å². The van der Waals surface area contributed by atoms with E-state index < -0.39 is 0 Å². The molecular weight excluding hydrogens is 226 g/mol. The van der Waals surface area contributed by atoms with Crippen molar-refractivity contribution in [1.82, 2.24) is 4.90 Å². The normalized spacial score (nSPS) is 22.7. The van der Waals surface area contributed by atoms with Crippen LogP contribution in [0.4, 0.5) is 0 Å². The van der Waals surface area contributed by atoms with Crippen molar-refractivity contribution >= 4 is 5.84 Å². The Labute approximate surface area is 111 Å². The molecule has 1 atom stereocenters. The monoisotopic (exact) mass is 255 g/mol. The number of nitrogens with zero attached hydrogens (tertiary/aromatic N) is 1. The number of rotatable bonds is 6. The lowest BCUT2D eigenvalue weighted by Gasteiger charge is -2.25. The highest BCUT2D eigenvalue weighted by Crippen LogP contribution is 2.22. The molecule has 18 heavy (non-hydrogen) atoms. The first-order valence-corrected chi connectivity index (χ1v) is 7.10. The second-order valence-corrected chi connectivity index (χ2v) is 6.09. The standard InChI is InChI=1S/C14H29N3O/c1-12-11-17(9-6-10-18-12)8-5-4-7-14(2,3)13(15)16/h12H,4-11H2,1-3H3,(H3,15,16). The van der Waals surface area contributed by atoms with Gasteiger partial charge in [-0.1, -0.05) is 20.3 Å². The minimum absolute atomic E-state index is 0.144. The molecule has 0 aromatic rings. The smallest absolute Gasteiger partial charge is 0.0963 e. The van der Waals surface area contributed by atoms with Crippen molar-refractivity contribution in [1.29, 1.82) is 5.41 Å². The maximum absolute atomic E-state index is 7.53. The molecule has 0 amide bonds. The summed E-state index contributed by atoms with van der Waals surface area (Å²) in [5.74, 6) is 0.305. The highest BCUT2D eigenvalue weighted by atomic mass is 16.5. The fourth-order valence-corrected chi connectivity index (χ4v) is 2.32. The summed E-state index contributed by atoms with van der Waals surface area (Å²) in [6.07, 6.45) is 4.83. The van der Waals surface area contributed by atoms with E-state index in [1.54, 1.807) is 0 Å². The predicted molar refractivity (Wildman–Crippen MR) is 76.0 cm³/mol. The largest absolute Gasteiger partial charge is 0.387 e. The summed E-state index contributed by atoms with van der Waals surface area (Å²) < 4.78 is 5.64. The third-order valence-electron chi connectivity index (χ3n) is 3.79. The highest BCUT2D eigenvalue weighted by Gasteiger charge is 2.21. The maximum atomic E-state index is 7.53. The average molecular weight is 255 g/mol. The van der Waals surface area contributed by atoms with E-state index in [-0.39, 0.29) is 5.41 Å². The van der Waals surface area contributed by atoms with Crippen molar-refractivity contribution in [3.05, 3.63) is 0 Å². The van der Waals surface area contributed by atoms with E-state index in [4.69, 9.17) is 15.9 Å². The first kappa shape index (κ1) is 15.4. The van der Waals surface area contributed by atoms with E-state index in [9.17, 15) is 0 Å². The van der Waals surface area contributed by atoms with Crippen LogP contribution in [0.1, 0.15) is 46.5 Å². The molecule has 4 heteroatoms. The van der Waals surface area contributed by atoms with E-state index in [1.807, 2.05) is 0 Å². The highest BCUT2D eigenvalue weighted by molar-refractivity contribution is 5.82. The van der Waals surface area contributed by atoms with Gasteiger partial charge in [-0.15, -0.1) is 0 Å². The van der Waals surface area contributed by atoms with Crippen LogP contribution >= 0.6 is 0 Å². The minimum Gasteiger partial charge on any atom is -0.387 e. The third-order valence-corrected chi connectivity index (χ3v) is 3.79. The van der Waals surface area contributed by atoms with Gasteiger partial charge in [0.1, 0.15) is 0 Å². The molecule has 1 heterocycles. The Balaban J connectivity index is 2.19. The van der Waals surface area contributed by atoms with E-state index >= 15 is 0 Å². The molecule has 1 unspecified atom stereocenters. The van der Waals surface area contributed by atoms with Gasteiger partial charge in [-0.25, -0.2) is 0 Å². The van der Waals surface area contributed by atoms with Gasteiger partial charge in [-0.2, -0.15) is 0 Å². The van der Waals surface area contributed by atoms with E-state index in [2.05, 4.69) is 25.7 Å². The number of amidine groups is 1. The zero-order valence-electron chi connectivity index (χ0n) is 12.2. The number of unbranched alkanes of at least 4 members (excludes halogenated alkanes) is 1. The number of hydrogen-bond acceptors (Lipinski definition) is 3. The van der Waals surface area contributed by atoms with Crippen LogP contribution in [0.25, 0.3) is 0 Å². The van der Waals surface area contributed by atoms with Crippen LogP contribution < -0.4 is 5.73 Å². The second-order valence-electron chi connectivity index (χ2n) is 6.09. The first-order valence-electron chi connectivity index (χ1n) is 7.10. The summed E-state index contributed by atoms with van der Waals surface area (Å²) >= 11 is 0. The summed E-state index contributed by atoms with van der Waals surface area (Å²) in [5.41, 5.74) is 5.45. The van der Waals surface area contributed by atoms with Crippen LogP contribution in [0.2, 0.25) is 0 Å². The Kier molecular flexibility index (Phi) is 6.09. The van der Waals surface area contributed by atoms with Crippen LogP contribution in [0.15, 0.2) is 0 Å². The van der Waals surface area contributed by atoms with E-state index in [0.29, 0.717) is 11.9 Å². The SMILES string of the molecule is CC1CN(CCCCC(C)(C)C(=N)N)CCCO1. The number of nitrogens with two attached hydrogens (primary N) is 1. The quantitative estimate of drug-likeness (QED) is 0.434. The fraction of sp³-hybridized carbons (Fsp3) is 0.929. The Morgan fingerprint density at radius 3 is 2.83 bits per heavy atom. The maximum Gasteiger partial charge on any atom is 0.0963 e. The summed E-state index contributed by atoms with van der Waals surface area (Å²) in [5, 5.41) is 7.53. The molecule has 0 spiro atoms. The molecule has 1 rings (SSSR count). The zero-order chi connectivity index (χ0) is 13.6. The topological polar surface area (TPSA) is 62.3 Å². The van der Waals surface area contributed by atoms with Gasteiger partial charge in [0, 0.05) is 25.1 Å². The van der Waals surface area contributed by atoms with E-state index in [1.165, 1.54) is 6.42 Å². The molecule has 1 aliphatic rings. The molecule has 0 saturated carbocycles. The molecule has 0 bridgehead atoms. The Bertz CT molecular complexity index is 266. The van der Waals surface area contributed by atoms with Gasteiger partial charge < -0.3 is 15.4 Å². The van der Waals surface area contributed by atoms with Gasteiger partial charge >= 0.3 is 0 Å². The molecule has 3 N–H and O–H groups in total. The van der Waals surface area contributed by atoms with Crippen molar-refractivity contribution in [2.75, 3.05) is 26.2 Å². The summed E-state index contributed by atoms with van der Waals surface area (Å²) in [6.45, 7) is 10.5. The summed E-state index contributed by atoms with van der Waals surface area (Å²) in [6, 6.07) is 0. The number of hydrogen-bond donors (Lipinski definition) is 2. The molecule has 1 saturated heterocycles. The molecule has 1 aliphatic heterocycles. The summed E-state index contributed by atoms with van der Waals surface area (Å²) in [7, 11) is 0. The lowest BCUT2D eigenvalue weighted by Crippen LogP contribution is -2.32. The molecule has 0 aromatic carbocycles. The van der Waals surface area contributed by atoms with Crippen LogP contribution in [-0.4, -0.2) is 43.1 Å². The molecule has 0 aromatic heterocycles. The number of ether oxygens (including phenoxy) is 1. The molecule has 4 nitrogen and oxygen atoms in total. The van der Waals surface area contributed by atoms with Gasteiger partial charge in [0.2, 0.25) is 0 Å². The first-order chi connectivity index (χ1) is 8.42. The van der Waals surface area contributed by atoms with Gasteiger partial charge in [0.15, 0.2) is 0 Å². The summed E-state index contributed by atoms with van der Waals surface area (Å²) in [4.78, 5) is 2.50. The molecule has 1 fully saturated rings. The van der Waals surface area contributed by atoms with Crippen molar-refractivity contribution in [2.45, 2.75) is 52.6 Å². The molecular formula is C14H29N3O. The number of nitrogens with one attached hydrogen (secondary N) is 1. The van der Waals surface area contributed by atoms with Crippen LogP contribution in [0, 0.1) is 10.8 Å². The van der Waals surface area contributed by atoms with Crippen molar-refractivity contribution in [3.63, 3.8) is 0 Å². The Morgan fingerprint density at radius 2 is 2.17 bits per heavy atom. The van der Waals surface area contributed by atoms with Gasteiger partial charge in [-0.3, -0.25) is 5.41 Å². The van der Waals surface area contributed by atoms with Crippen molar-refractivity contribution in [3.8, 4) is 0 Å². The lowest BCUT2D eigenvalue weighted by atomic mass is 9.86. The lowest BCUT2D eigenvalue weighted by molar-refractivity contribution is 0.0675. The second kappa shape index (κ2) is 7.10. The van der Waals surface area contributed by atoms with Crippen LogP contribution in [-0.2, 0) is 4.74 Å². The third kappa shape index (κ3) is 5.36. The molecule has 106 valence electrons. The van der Waals surface area contributed by atoms with Crippen LogP contribution in [0.3, 0.4) is 0 Å². The molecule has 0 aliphatic carbocycles. The van der Waals surface area contributed by atoms with Gasteiger partial charge in [-0.05, 0) is 32.7 Å². The Morgan fingerprint density at radius 1 is 1.44 bits per heavy atom. The van der Waals surface area contributed by atoms with Crippen molar-refractivity contribution < 1.29 is 4.74 Å². The minimum atomic E-state index is -0.144. The zero-order valence-corrected chi connectivity index (χ0v) is 12.2. The Hall–Kier alpha value is -0.610. The fourth-order valence-electron chi connectivity index (χ4n) is 2.32. The van der Waals surface area contributed by atoms with Gasteiger partial charge in [0.25, 0.3) is 0 Å². The van der Waals surface area contributed by atoms with Crippen LogP contribution in [0.5, 0.6) is 0 Å².